The van der Waals surface area contributed by atoms with Crippen LogP contribution in [0.3, 0.4) is 0 Å². The van der Waals surface area contributed by atoms with Gasteiger partial charge in [-0.15, -0.1) is 0 Å². The Bertz CT molecular complexity index is 880. The highest BCUT2D eigenvalue weighted by atomic mass is 15.3. The lowest BCUT2D eigenvalue weighted by atomic mass is 9.87. The Labute approximate surface area is 187 Å². The molecule has 166 valence electrons. The molecule has 1 aromatic heterocycles. The average Bonchev–Trinajstić information content (AvgIpc) is 3.14. The van der Waals surface area contributed by atoms with Crippen LogP contribution < -0.4 is 5.32 Å². The van der Waals surface area contributed by atoms with Gasteiger partial charge < -0.3 is 15.1 Å². The molecule has 0 radical (unpaired) electrons. The van der Waals surface area contributed by atoms with Crippen molar-refractivity contribution >= 4 is 0 Å². The number of likely N-dealkylation sites (tertiary alicyclic amines) is 2. The molecule has 0 saturated carbocycles. The molecule has 5 heteroatoms. The monoisotopic (exact) mass is 419 g/mol. The molecule has 1 aromatic rings. The lowest BCUT2D eigenvalue weighted by molar-refractivity contribution is 0.128. The molecular formula is C26H37N5. The number of likely N-dealkylation sites (N-methyl/N-ethyl adjacent to an activating group) is 1. The molecule has 0 spiro atoms. The number of aryl methyl sites for hydroxylation is 1. The highest BCUT2D eigenvalue weighted by molar-refractivity contribution is 5.33. The van der Waals surface area contributed by atoms with Gasteiger partial charge in [0.25, 0.3) is 0 Å². The highest BCUT2D eigenvalue weighted by Gasteiger charge is 2.39. The Morgan fingerprint density at radius 2 is 1.87 bits per heavy atom. The van der Waals surface area contributed by atoms with Crippen molar-refractivity contribution in [1.29, 1.82) is 0 Å². The fraction of sp³-hybridized carbons (Fsp3) is 0.577. The molecule has 0 aliphatic carbocycles. The maximum atomic E-state index is 4.79. The second-order valence-corrected chi connectivity index (χ2v) is 9.87. The molecule has 5 heterocycles. The van der Waals surface area contributed by atoms with Gasteiger partial charge in [0.1, 0.15) is 6.17 Å². The minimum absolute atomic E-state index is 0.270. The summed E-state index contributed by atoms with van der Waals surface area (Å²) >= 11 is 0. The molecule has 0 bridgehead atoms. The van der Waals surface area contributed by atoms with Crippen LogP contribution in [0.25, 0.3) is 0 Å². The fourth-order valence-electron chi connectivity index (χ4n) is 5.95. The highest BCUT2D eigenvalue weighted by Crippen LogP contribution is 2.40. The van der Waals surface area contributed by atoms with Crippen LogP contribution in [0.4, 0.5) is 0 Å². The average molecular weight is 420 g/mol. The van der Waals surface area contributed by atoms with Gasteiger partial charge in [0, 0.05) is 23.8 Å². The van der Waals surface area contributed by atoms with Gasteiger partial charge in [0.05, 0.1) is 17.8 Å². The minimum Gasteiger partial charge on any atom is -0.362 e. The quantitative estimate of drug-likeness (QED) is 0.792. The number of nitrogens with one attached hydrogen (secondary N) is 1. The molecule has 2 saturated heterocycles. The van der Waals surface area contributed by atoms with Crippen LogP contribution in [0.15, 0.2) is 54.2 Å². The van der Waals surface area contributed by atoms with Crippen LogP contribution >= 0.6 is 0 Å². The predicted molar refractivity (Wildman–Crippen MR) is 126 cm³/mol. The van der Waals surface area contributed by atoms with Crippen LogP contribution in [0.5, 0.6) is 0 Å². The molecule has 0 amide bonds. The number of nitrogens with zero attached hydrogens (tertiary/aromatic N) is 4. The molecule has 5 nitrogen and oxygen atoms in total. The van der Waals surface area contributed by atoms with Crippen molar-refractivity contribution in [2.75, 3.05) is 27.2 Å². The number of allylic oxidation sites excluding steroid dienone is 3. The lowest BCUT2D eigenvalue weighted by Gasteiger charge is -2.41. The van der Waals surface area contributed by atoms with Crippen molar-refractivity contribution in [2.45, 2.75) is 63.7 Å². The third-order valence-corrected chi connectivity index (χ3v) is 7.83. The molecule has 0 aromatic carbocycles. The van der Waals surface area contributed by atoms with Crippen molar-refractivity contribution in [2.24, 2.45) is 5.92 Å². The molecule has 5 rings (SSSR count). The van der Waals surface area contributed by atoms with E-state index in [0.717, 1.165) is 5.92 Å². The summed E-state index contributed by atoms with van der Waals surface area (Å²) in [4.78, 5) is 12.4. The molecular weight excluding hydrogens is 382 g/mol. The van der Waals surface area contributed by atoms with E-state index in [1.807, 2.05) is 6.20 Å². The zero-order valence-corrected chi connectivity index (χ0v) is 19.3. The van der Waals surface area contributed by atoms with Gasteiger partial charge >= 0.3 is 0 Å². The van der Waals surface area contributed by atoms with Gasteiger partial charge in [0.2, 0.25) is 0 Å². The number of pyridine rings is 1. The van der Waals surface area contributed by atoms with E-state index < -0.39 is 0 Å². The smallest absolute Gasteiger partial charge is 0.122 e. The van der Waals surface area contributed by atoms with E-state index in [-0.39, 0.29) is 6.17 Å². The Balaban J connectivity index is 1.44. The lowest BCUT2D eigenvalue weighted by Crippen LogP contribution is -2.44. The van der Waals surface area contributed by atoms with Crippen molar-refractivity contribution in [3.8, 4) is 0 Å². The zero-order chi connectivity index (χ0) is 21.4. The van der Waals surface area contributed by atoms with E-state index >= 15 is 0 Å². The minimum atomic E-state index is 0.270. The van der Waals surface area contributed by atoms with E-state index in [9.17, 15) is 0 Å². The van der Waals surface area contributed by atoms with Gasteiger partial charge in [-0.25, -0.2) is 0 Å². The summed E-state index contributed by atoms with van der Waals surface area (Å²) < 4.78 is 0. The van der Waals surface area contributed by atoms with Gasteiger partial charge in [0.15, 0.2) is 0 Å². The summed E-state index contributed by atoms with van der Waals surface area (Å²) in [5.41, 5.74) is 5.54. The number of hydrogen-bond acceptors (Lipinski definition) is 5. The summed E-state index contributed by atoms with van der Waals surface area (Å²) in [5.74, 6) is 0.781. The van der Waals surface area contributed by atoms with Crippen LogP contribution in [-0.2, 0) is 0 Å². The van der Waals surface area contributed by atoms with Crippen molar-refractivity contribution in [3.63, 3.8) is 0 Å². The standard InChI is InChI=1S/C26H37N5/c1-19-8-7-14-27-25(19)21-9-6-10-22(30(21)3)26-23(18-20-12-16-29(2)17-13-20)31-15-5-4-11-24(31)28-26/h4-5,7-8,11,14-15,20-22,24,28H,6,9-10,12-13,16-18H2,1-3H3. The molecule has 3 atom stereocenters. The Morgan fingerprint density at radius 1 is 1.06 bits per heavy atom. The summed E-state index contributed by atoms with van der Waals surface area (Å²) in [7, 11) is 4.57. The van der Waals surface area contributed by atoms with E-state index in [0.29, 0.717) is 12.1 Å². The predicted octanol–water partition coefficient (Wildman–Crippen LogP) is 4.17. The second kappa shape index (κ2) is 8.79. The van der Waals surface area contributed by atoms with Crippen LogP contribution in [0.2, 0.25) is 0 Å². The maximum absolute atomic E-state index is 4.79. The maximum Gasteiger partial charge on any atom is 0.122 e. The number of aromatic nitrogens is 1. The SMILES string of the molecule is Cc1cccnc1C1CCCC(C2=C(CC3CCN(C)CC3)N3C=CC=CC3N2)N1C. The molecule has 4 aliphatic rings. The summed E-state index contributed by atoms with van der Waals surface area (Å²) in [6.07, 6.45) is 18.6. The van der Waals surface area contributed by atoms with Crippen LogP contribution in [0, 0.1) is 12.8 Å². The summed E-state index contributed by atoms with van der Waals surface area (Å²) in [6, 6.07) is 5.07. The van der Waals surface area contributed by atoms with E-state index in [1.165, 1.54) is 74.3 Å². The van der Waals surface area contributed by atoms with Gasteiger partial charge in [-0.3, -0.25) is 9.88 Å². The summed E-state index contributed by atoms with van der Waals surface area (Å²) in [6.45, 7) is 4.66. The van der Waals surface area contributed by atoms with Crippen LogP contribution in [-0.4, -0.2) is 59.1 Å². The first-order valence-corrected chi connectivity index (χ1v) is 12.1. The van der Waals surface area contributed by atoms with Crippen molar-refractivity contribution < 1.29 is 0 Å². The molecule has 31 heavy (non-hydrogen) atoms. The number of piperidine rings is 2. The number of hydrogen-bond donors (Lipinski definition) is 1. The topological polar surface area (TPSA) is 34.6 Å². The first-order chi connectivity index (χ1) is 15.1. The molecule has 2 fully saturated rings. The van der Waals surface area contributed by atoms with Gasteiger partial charge in [-0.2, -0.15) is 0 Å². The zero-order valence-electron chi connectivity index (χ0n) is 19.3. The largest absolute Gasteiger partial charge is 0.362 e. The van der Waals surface area contributed by atoms with Crippen LogP contribution in [0.1, 0.15) is 55.8 Å². The number of fused-ring (bicyclic) bond motifs is 1. The van der Waals surface area contributed by atoms with E-state index in [1.54, 1.807) is 0 Å². The molecule has 1 N–H and O–H groups in total. The Hall–Kier alpha value is -2.11. The Morgan fingerprint density at radius 3 is 2.68 bits per heavy atom. The van der Waals surface area contributed by atoms with Gasteiger partial charge in [-0.05, 0) is 102 Å². The summed E-state index contributed by atoms with van der Waals surface area (Å²) in [5, 5.41) is 3.92. The van der Waals surface area contributed by atoms with E-state index in [2.05, 4.69) is 77.6 Å². The molecule has 3 unspecified atom stereocenters. The third kappa shape index (κ3) is 4.06. The second-order valence-electron chi connectivity index (χ2n) is 9.87. The third-order valence-electron chi connectivity index (χ3n) is 7.83. The van der Waals surface area contributed by atoms with Crippen molar-refractivity contribution in [3.05, 3.63) is 65.4 Å². The molecule has 4 aliphatic heterocycles. The van der Waals surface area contributed by atoms with Crippen molar-refractivity contribution in [1.82, 2.24) is 25.0 Å². The van der Waals surface area contributed by atoms with Gasteiger partial charge in [-0.1, -0.05) is 12.1 Å². The Kier molecular flexibility index (Phi) is 5.89. The normalized spacial score (nSPS) is 30.0. The van der Waals surface area contributed by atoms with E-state index in [4.69, 9.17) is 4.98 Å². The first kappa shape index (κ1) is 20.8. The first-order valence-electron chi connectivity index (χ1n) is 12.1. The number of rotatable bonds is 4. The fourth-order valence-corrected chi connectivity index (χ4v) is 5.95.